The van der Waals surface area contributed by atoms with Crippen molar-refractivity contribution in [2.24, 2.45) is 16.5 Å². The highest BCUT2D eigenvalue weighted by Crippen LogP contribution is 2.36. The molecule has 0 spiro atoms. The van der Waals surface area contributed by atoms with Crippen LogP contribution in [0.15, 0.2) is 40.2 Å². The highest BCUT2D eigenvalue weighted by Gasteiger charge is 2.22. The lowest BCUT2D eigenvalue weighted by Gasteiger charge is -2.15. The molecule has 0 aliphatic heterocycles. The largest absolute Gasteiger partial charge is 0.454 e. The summed E-state index contributed by atoms with van der Waals surface area (Å²) >= 11 is 12.0. The molecule has 0 unspecified atom stereocenters. The quantitative estimate of drug-likeness (QED) is 0.555. The van der Waals surface area contributed by atoms with Gasteiger partial charge in [0.2, 0.25) is 0 Å². The third-order valence-electron chi connectivity index (χ3n) is 3.52. The van der Waals surface area contributed by atoms with Crippen molar-refractivity contribution in [2.75, 3.05) is 6.26 Å². The van der Waals surface area contributed by atoms with Crippen molar-refractivity contribution in [3.05, 3.63) is 51.5 Å². The minimum absolute atomic E-state index is 0.0276. The summed E-state index contributed by atoms with van der Waals surface area (Å²) in [6.07, 6.45) is 1.41. The number of ether oxygens (including phenoxy) is 1. The molecule has 1 amide bonds. The Hall–Kier alpha value is -2.29. The predicted octanol–water partition coefficient (Wildman–Crippen LogP) is 3.17. The number of amides is 1. The van der Waals surface area contributed by atoms with E-state index in [2.05, 4.69) is 4.99 Å². The van der Waals surface area contributed by atoms with Gasteiger partial charge in [-0.1, -0.05) is 30.1 Å². The van der Waals surface area contributed by atoms with Gasteiger partial charge in [-0.2, -0.15) is 4.99 Å². The van der Waals surface area contributed by atoms with E-state index in [0.29, 0.717) is 17.0 Å². The molecule has 0 aliphatic rings. The molecule has 7 nitrogen and oxygen atoms in total. The van der Waals surface area contributed by atoms with Gasteiger partial charge in [0, 0.05) is 16.8 Å². The molecule has 0 heterocycles. The number of rotatable bonds is 5. The molecule has 2 rings (SSSR count). The number of benzene rings is 2. The lowest BCUT2D eigenvalue weighted by molar-refractivity contribution is 0.100. The minimum Gasteiger partial charge on any atom is -0.454 e. The Labute approximate surface area is 166 Å². The molecule has 10 heteroatoms. The van der Waals surface area contributed by atoms with Crippen LogP contribution in [0, 0.1) is 0 Å². The highest BCUT2D eigenvalue weighted by atomic mass is 35.5. The van der Waals surface area contributed by atoms with Gasteiger partial charge in [-0.25, -0.2) is 8.42 Å². The average molecular weight is 430 g/mol. The van der Waals surface area contributed by atoms with Crippen molar-refractivity contribution in [3.8, 4) is 11.5 Å². The molecule has 2 aromatic carbocycles. The predicted molar refractivity (Wildman–Crippen MR) is 106 cm³/mol. The number of sulfone groups is 1. The topological polar surface area (TPSA) is 125 Å². The SMILES string of the molecule is CCc1cc(Oc2ccc(Cl)cc2Cl)c(S(C)(=O)=O)cc1C(=O)N=C(N)N. The maximum absolute atomic E-state index is 12.3. The zero-order chi connectivity index (χ0) is 20.4. The van der Waals surface area contributed by atoms with Crippen LogP contribution in [0.3, 0.4) is 0 Å². The van der Waals surface area contributed by atoms with Crippen molar-refractivity contribution in [1.29, 1.82) is 0 Å². The minimum atomic E-state index is -3.74. The fourth-order valence-corrected chi connectivity index (χ4v) is 3.56. The first-order chi connectivity index (χ1) is 12.5. The zero-order valence-electron chi connectivity index (χ0n) is 14.5. The normalized spacial score (nSPS) is 11.1. The fraction of sp³-hybridized carbons (Fsp3) is 0.176. The Bertz CT molecular complexity index is 1030. The van der Waals surface area contributed by atoms with E-state index in [0.717, 1.165) is 6.26 Å². The number of aliphatic imine (C=N–C) groups is 1. The Morgan fingerprint density at radius 1 is 1.15 bits per heavy atom. The maximum Gasteiger partial charge on any atom is 0.280 e. The van der Waals surface area contributed by atoms with E-state index in [9.17, 15) is 13.2 Å². The van der Waals surface area contributed by atoms with Gasteiger partial charge in [0.1, 0.15) is 16.4 Å². The summed E-state index contributed by atoms with van der Waals surface area (Å²) in [5, 5.41) is 0.615. The molecule has 0 aromatic heterocycles. The van der Waals surface area contributed by atoms with Crippen molar-refractivity contribution in [3.63, 3.8) is 0 Å². The molecule has 0 fully saturated rings. The molecule has 0 bridgehead atoms. The number of nitrogens with zero attached hydrogens (tertiary/aromatic N) is 1. The average Bonchev–Trinajstić information content (AvgIpc) is 2.55. The second-order valence-electron chi connectivity index (χ2n) is 5.60. The van der Waals surface area contributed by atoms with E-state index >= 15 is 0 Å². The van der Waals surface area contributed by atoms with Gasteiger partial charge in [0.15, 0.2) is 15.8 Å². The maximum atomic E-state index is 12.3. The summed E-state index contributed by atoms with van der Waals surface area (Å²) in [7, 11) is -3.74. The Balaban J connectivity index is 2.66. The number of carbonyl (C=O) groups excluding carboxylic acids is 1. The number of aryl methyl sites for hydroxylation is 1. The number of halogens is 2. The van der Waals surface area contributed by atoms with E-state index in [4.69, 9.17) is 39.4 Å². The molecule has 0 aliphatic carbocycles. The molecule has 0 radical (unpaired) electrons. The van der Waals surface area contributed by atoms with Crippen molar-refractivity contribution < 1.29 is 17.9 Å². The van der Waals surface area contributed by atoms with Crippen LogP contribution in [0.1, 0.15) is 22.8 Å². The van der Waals surface area contributed by atoms with Crippen LogP contribution in [0.2, 0.25) is 10.0 Å². The molecule has 0 atom stereocenters. The molecule has 144 valence electrons. The molecule has 27 heavy (non-hydrogen) atoms. The molecule has 0 saturated heterocycles. The van der Waals surface area contributed by atoms with Gasteiger partial charge >= 0.3 is 0 Å². The summed E-state index contributed by atoms with van der Waals surface area (Å²) in [6, 6.07) is 7.19. The molecular weight excluding hydrogens is 413 g/mol. The van der Waals surface area contributed by atoms with Gasteiger partial charge in [-0.15, -0.1) is 0 Å². The van der Waals surface area contributed by atoms with E-state index in [1.165, 1.54) is 24.3 Å². The number of hydrogen-bond acceptors (Lipinski definition) is 4. The third-order valence-corrected chi connectivity index (χ3v) is 5.17. The van der Waals surface area contributed by atoms with Crippen molar-refractivity contribution >= 4 is 44.9 Å². The second kappa shape index (κ2) is 8.16. The first-order valence-electron chi connectivity index (χ1n) is 7.66. The smallest absolute Gasteiger partial charge is 0.280 e. The summed E-state index contributed by atoms with van der Waals surface area (Å²) in [5.74, 6) is -0.916. The van der Waals surface area contributed by atoms with Crippen LogP contribution >= 0.6 is 23.2 Å². The summed E-state index contributed by atoms with van der Waals surface area (Å²) in [4.78, 5) is 15.5. The monoisotopic (exact) mass is 429 g/mol. The lowest BCUT2D eigenvalue weighted by atomic mass is 10.0. The van der Waals surface area contributed by atoms with Crippen LogP contribution < -0.4 is 16.2 Å². The standard InChI is InChI=1S/C17H17Cl2N3O4S/c1-3-9-6-14(26-13-5-4-10(18)7-12(13)19)15(27(2,24)25)8-11(9)16(23)22-17(20)21/h4-8H,3H2,1-2H3,(H4,20,21,22,23). The van der Waals surface area contributed by atoms with Crippen molar-refractivity contribution in [1.82, 2.24) is 0 Å². The Kier molecular flexibility index (Phi) is 6.35. The first-order valence-corrected chi connectivity index (χ1v) is 10.3. The van der Waals surface area contributed by atoms with Gasteiger partial charge in [0.25, 0.3) is 5.91 Å². The number of guanidine groups is 1. The van der Waals surface area contributed by atoms with Crippen molar-refractivity contribution in [2.45, 2.75) is 18.2 Å². The summed E-state index contributed by atoms with van der Waals surface area (Å²) in [6.45, 7) is 1.79. The highest BCUT2D eigenvalue weighted by molar-refractivity contribution is 7.90. The van der Waals surface area contributed by atoms with Crippen LogP contribution in [-0.4, -0.2) is 26.5 Å². The molecule has 2 aromatic rings. The molecular formula is C17H17Cl2N3O4S. The van der Waals surface area contributed by atoms with Crippen LogP contribution in [0.5, 0.6) is 11.5 Å². The van der Waals surface area contributed by atoms with Crippen LogP contribution in [-0.2, 0) is 16.3 Å². The summed E-state index contributed by atoms with van der Waals surface area (Å²) < 4.78 is 30.2. The van der Waals surface area contributed by atoms with Crippen LogP contribution in [0.4, 0.5) is 0 Å². The van der Waals surface area contributed by atoms with E-state index in [-0.39, 0.29) is 27.0 Å². The van der Waals surface area contributed by atoms with E-state index < -0.39 is 21.7 Å². The Morgan fingerprint density at radius 2 is 1.81 bits per heavy atom. The number of hydrogen-bond donors (Lipinski definition) is 2. The fourth-order valence-electron chi connectivity index (χ4n) is 2.32. The van der Waals surface area contributed by atoms with Gasteiger partial charge < -0.3 is 16.2 Å². The molecule has 0 saturated carbocycles. The van der Waals surface area contributed by atoms with Gasteiger partial charge in [0.05, 0.1) is 5.02 Å². The van der Waals surface area contributed by atoms with Crippen LogP contribution in [0.25, 0.3) is 0 Å². The van der Waals surface area contributed by atoms with E-state index in [1.54, 1.807) is 13.0 Å². The first kappa shape index (κ1) is 21.0. The van der Waals surface area contributed by atoms with Gasteiger partial charge in [-0.05, 0) is 42.3 Å². The van der Waals surface area contributed by atoms with E-state index in [1.807, 2.05) is 0 Å². The number of nitrogens with two attached hydrogens (primary N) is 2. The third kappa shape index (κ3) is 5.12. The van der Waals surface area contributed by atoms with Gasteiger partial charge in [-0.3, -0.25) is 4.79 Å². The Morgan fingerprint density at radius 3 is 2.33 bits per heavy atom. The lowest BCUT2D eigenvalue weighted by Crippen LogP contribution is -2.24. The summed E-state index contributed by atoms with van der Waals surface area (Å²) in [5.41, 5.74) is 11.1. The zero-order valence-corrected chi connectivity index (χ0v) is 16.8. The number of carbonyl (C=O) groups is 1. The second-order valence-corrected chi connectivity index (χ2v) is 8.43. The molecule has 4 N–H and O–H groups in total.